The molecule has 0 unspecified atom stereocenters. The smallest absolute Gasteiger partial charge is 0.229 e. The maximum atomic E-state index is 13.0. The molecule has 0 spiro atoms. The van der Waals surface area contributed by atoms with E-state index in [0.29, 0.717) is 23.1 Å². The molecule has 1 aromatic heterocycles. The predicted molar refractivity (Wildman–Crippen MR) is 100.0 cm³/mol. The summed E-state index contributed by atoms with van der Waals surface area (Å²) in [5.41, 5.74) is 1.88. The molecule has 1 N–H and O–H groups in total. The zero-order chi connectivity index (χ0) is 19.7. The summed E-state index contributed by atoms with van der Waals surface area (Å²) in [6.07, 6.45) is 0.110. The first-order chi connectivity index (χ1) is 13.5. The molecule has 0 bridgehead atoms. The van der Waals surface area contributed by atoms with E-state index in [-0.39, 0.29) is 30.6 Å². The van der Waals surface area contributed by atoms with Gasteiger partial charge in [0.2, 0.25) is 23.5 Å². The molecule has 2 aromatic carbocycles. The zero-order valence-corrected chi connectivity index (χ0v) is 15.1. The van der Waals surface area contributed by atoms with Crippen molar-refractivity contribution in [2.75, 3.05) is 16.8 Å². The predicted octanol–water partition coefficient (Wildman–Crippen LogP) is 3.18. The lowest BCUT2D eigenvalue weighted by Gasteiger charge is -2.17. The molecule has 4 rings (SSSR count). The molecular formula is C20H17FN4O3. The lowest BCUT2D eigenvalue weighted by Crippen LogP contribution is -2.28. The van der Waals surface area contributed by atoms with Gasteiger partial charge in [-0.1, -0.05) is 17.3 Å². The molecule has 1 aliphatic heterocycles. The fourth-order valence-corrected chi connectivity index (χ4v) is 3.14. The molecule has 0 saturated carbocycles. The highest BCUT2D eigenvalue weighted by Crippen LogP contribution is 2.29. The standard InChI is InChI=1S/C20H17FN4O3/c1-12-22-19(24-28-12)13-3-2-4-17(9-13)25-11-14(10-18(25)26)20(27)23-16-7-5-15(21)6-8-16/h2-9,14H,10-11H2,1H3,(H,23,27)/t14-/m0/s1. The Hall–Kier alpha value is -3.55. The number of anilines is 2. The number of nitrogens with one attached hydrogen (secondary N) is 1. The molecule has 2 amide bonds. The minimum absolute atomic E-state index is 0.110. The first-order valence-corrected chi connectivity index (χ1v) is 8.77. The Bertz CT molecular complexity index is 1030. The van der Waals surface area contributed by atoms with Gasteiger partial charge in [-0.3, -0.25) is 9.59 Å². The van der Waals surface area contributed by atoms with Crippen molar-refractivity contribution in [2.45, 2.75) is 13.3 Å². The molecule has 1 atom stereocenters. The third kappa shape index (κ3) is 3.62. The van der Waals surface area contributed by atoms with Crippen molar-refractivity contribution < 1.29 is 18.5 Å². The summed E-state index contributed by atoms with van der Waals surface area (Å²) in [6.45, 7) is 1.97. The third-order valence-corrected chi connectivity index (χ3v) is 4.55. The van der Waals surface area contributed by atoms with E-state index in [1.54, 1.807) is 30.0 Å². The Morgan fingerprint density at radius 1 is 1.25 bits per heavy atom. The lowest BCUT2D eigenvalue weighted by atomic mass is 10.1. The number of carbonyl (C=O) groups excluding carboxylic acids is 2. The van der Waals surface area contributed by atoms with Crippen LogP contribution in [0.3, 0.4) is 0 Å². The highest BCUT2D eigenvalue weighted by Gasteiger charge is 2.35. The minimum atomic E-state index is -0.492. The van der Waals surface area contributed by atoms with Crippen LogP contribution in [0.1, 0.15) is 12.3 Å². The summed E-state index contributed by atoms with van der Waals surface area (Å²) in [6, 6.07) is 12.7. The summed E-state index contributed by atoms with van der Waals surface area (Å²) in [5, 5.41) is 6.62. The van der Waals surface area contributed by atoms with Crippen LogP contribution in [0.15, 0.2) is 53.1 Å². The van der Waals surface area contributed by atoms with Crippen molar-refractivity contribution in [3.8, 4) is 11.4 Å². The van der Waals surface area contributed by atoms with Crippen molar-refractivity contribution in [3.63, 3.8) is 0 Å². The molecule has 2 heterocycles. The second-order valence-corrected chi connectivity index (χ2v) is 6.59. The normalized spacial score (nSPS) is 16.4. The molecule has 0 aliphatic carbocycles. The quantitative estimate of drug-likeness (QED) is 0.751. The van der Waals surface area contributed by atoms with Gasteiger partial charge >= 0.3 is 0 Å². The van der Waals surface area contributed by atoms with Crippen molar-refractivity contribution in [1.29, 1.82) is 0 Å². The van der Waals surface area contributed by atoms with Gasteiger partial charge in [0.1, 0.15) is 5.82 Å². The summed E-state index contributed by atoms with van der Waals surface area (Å²) >= 11 is 0. The summed E-state index contributed by atoms with van der Waals surface area (Å²) in [4.78, 5) is 30.7. The number of hydrogen-bond acceptors (Lipinski definition) is 5. The van der Waals surface area contributed by atoms with Crippen LogP contribution in [0.2, 0.25) is 0 Å². The number of benzene rings is 2. The Morgan fingerprint density at radius 2 is 2.04 bits per heavy atom. The van der Waals surface area contributed by atoms with Crippen LogP contribution in [0, 0.1) is 18.7 Å². The first-order valence-electron chi connectivity index (χ1n) is 8.77. The van der Waals surface area contributed by atoms with Crippen molar-refractivity contribution in [1.82, 2.24) is 10.1 Å². The van der Waals surface area contributed by atoms with E-state index in [1.807, 2.05) is 6.07 Å². The Morgan fingerprint density at radius 3 is 2.75 bits per heavy atom. The molecule has 8 heteroatoms. The molecule has 3 aromatic rings. The Kier molecular flexibility index (Phi) is 4.60. The average molecular weight is 380 g/mol. The summed E-state index contributed by atoms with van der Waals surface area (Å²) in [5.74, 6) is -0.384. The molecular weight excluding hydrogens is 363 g/mol. The third-order valence-electron chi connectivity index (χ3n) is 4.55. The van der Waals surface area contributed by atoms with Gasteiger partial charge in [0.15, 0.2) is 0 Å². The van der Waals surface area contributed by atoms with Gasteiger partial charge in [-0.25, -0.2) is 4.39 Å². The largest absolute Gasteiger partial charge is 0.339 e. The van der Waals surface area contributed by atoms with Gasteiger partial charge in [0.25, 0.3) is 0 Å². The van der Waals surface area contributed by atoms with Gasteiger partial charge in [0, 0.05) is 36.8 Å². The Labute approximate surface area is 160 Å². The summed E-state index contributed by atoms with van der Waals surface area (Å²) < 4.78 is 18.0. The molecule has 1 aliphatic rings. The maximum absolute atomic E-state index is 13.0. The van der Waals surface area contributed by atoms with E-state index in [9.17, 15) is 14.0 Å². The van der Waals surface area contributed by atoms with Crippen LogP contribution in [-0.2, 0) is 9.59 Å². The van der Waals surface area contributed by atoms with E-state index >= 15 is 0 Å². The van der Waals surface area contributed by atoms with Crippen LogP contribution in [0.5, 0.6) is 0 Å². The van der Waals surface area contributed by atoms with Crippen LogP contribution in [-0.4, -0.2) is 28.5 Å². The maximum Gasteiger partial charge on any atom is 0.229 e. The van der Waals surface area contributed by atoms with Crippen molar-refractivity contribution >= 4 is 23.2 Å². The SMILES string of the molecule is Cc1nc(-c2cccc(N3C[C@@H](C(=O)Nc4ccc(F)cc4)CC3=O)c2)no1. The molecule has 1 saturated heterocycles. The number of hydrogen-bond donors (Lipinski definition) is 1. The zero-order valence-electron chi connectivity index (χ0n) is 15.1. The van der Waals surface area contributed by atoms with Crippen LogP contribution >= 0.6 is 0 Å². The van der Waals surface area contributed by atoms with Gasteiger partial charge < -0.3 is 14.7 Å². The van der Waals surface area contributed by atoms with Crippen LogP contribution < -0.4 is 10.2 Å². The van der Waals surface area contributed by atoms with Gasteiger partial charge in [0.05, 0.1) is 5.92 Å². The second-order valence-electron chi connectivity index (χ2n) is 6.59. The number of rotatable bonds is 4. The van der Waals surface area contributed by atoms with Crippen molar-refractivity contribution in [3.05, 3.63) is 60.2 Å². The van der Waals surface area contributed by atoms with Crippen LogP contribution in [0.25, 0.3) is 11.4 Å². The average Bonchev–Trinajstić information content (AvgIpc) is 3.30. The van der Waals surface area contributed by atoms with Gasteiger partial charge in [-0.05, 0) is 36.4 Å². The molecule has 142 valence electrons. The number of carbonyl (C=O) groups is 2. The number of amides is 2. The fourth-order valence-electron chi connectivity index (χ4n) is 3.14. The number of aromatic nitrogens is 2. The van der Waals surface area contributed by atoms with E-state index < -0.39 is 5.92 Å². The van der Waals surface area contributed by atoms with E-state index in [1.165, 1.54) is 24.3 Å². The van der Waals surface area contributed by atoms with E-state index in [2.05, 4.69) is 15.5 Å². The minimum Gasteiger partial charge on any atom is -0.339 e. The highest BCUT2D eigenvalue weighted by atomic mass is 19.1. The molecule has 1 fully saturated rings. The van der Waals surface area contributed by atoms with E-state index in [4.69, 9.17) is 4.52 Å². The number of halogens is 1. The van der Waals surface area contributed by atoms with Crippen LogP contribution in [0.4, 0.5) is 15.8 Å². The summed E-state index contributed by atoms with van der Waals surface area (Å²) in [7, 11) is 0. The number of nitrogens with zero attached hydrogens (tertiary/aromatic N) is 3. The highest BCUT2D eigenvalue weighted by molar-refractivity contribution is 6.03. The van der Waals surface area contributed by atoms with Crippen molar-refractivity contribution in [2.24, 2.45) is 5.92 Å². The fraction of sp³-hybridized carbons (Fsp3) is 0.200. The molecule has 28 heavy (non-hydrogen) atoms. The number of aryl methyl sites for hydroxylation is 1. The lowest BCUT2D eigenvalue weighted by molar-refractivity contribution is -0.122. The topological polar surface area (TPSA) is 88.3 Å². The molecule has 7 nitrogen and oxygen atoms in total. The Balaban J connectivity index is 1.49. The first kappa shape index (κ1) is 17.8. The second kappa shape index (κ2) is 7.22. The van der Waals surface area contributed by atoms with E-state index in [0.717, 1.165) is 5.56 Å². The van der Waals surface area contributed by atoms with Gasteiger partial charge in [-0.2, -0.15) is 4.98 Å². The monoisotopic (exact) mass is 380 g/mol. The molecule has 0 radical (unpaired) electrons. The van der Waals surface area contributed by atoms with Gasteiger partial charge in [-0.15, -0.1) is 0 Å².